The molecule has 0 bridgehead atoms. The highest BCUT2D eigenvalue weighted by Crippen LogP contribution is 2.11. The van der Waals surface area contributed by atoms with Gasteiger partial charge in [0, 0.05) is 18.2 Å². The number of nitrogens with zero attached hydrogens (tertiary/aromatic N) is 1. The van der Waals surface area contributed by atoms with E-state index in [-0.39, 0.29) is 24.3 Å². The van der Waals surface area contributed by atoms with Gasteiger partial charge in [-0.2, -0.15) is 0 Å². The molecule has 0 aliphatic heterocycles. The highest BCUT2D eigenvalue weighted by molar-refractivity contribution is 5.94. The minimum atomic E-state index is -0.269. The van der Waals surface area contributed by atoms with Gasteiger partial charge in [-0.3, -0.25) is 9.59 Å². The molecule has 20 heavy (non-hydrogen) atoms. The Morgan fingerprint density at radius 1 is 1.20 bits per heavy atom. The first-order valence-electron chi connectivity index (χ1n) is 6.99. The van der Waals surface area contributed by atoms with Gasteiger partial charge in [0.1, 0.15) is 0 Å². The first kappa shape index (κ1) is 16.2. The third kappa shape index (κ3) is 4.68. The lowest BCUT2D eigenvalue weighted by Crippen LogP contribution is -2.38. The van der Waals surface area contributed by atoms with Gasteiger partial charge >= 0.3 is 5.97 Å². The Labute approximate surface area is 120 Å². The predicted octanol–water partition coefficient (Wildman–Crippen LogP) is 2.80. The zero-order chi connectivity index (χ0) is 15.1. The number of rotatable bonds is 6. The molecule has 0 fully saturated rings. The molecule has 0 aliphatic carbocycles. The SMILES string of the molecule is CCOC(=O)CCN(C(=O)c1ccc(C)cc1)C(C)C. The molecule has 0 spiro atoms. The highest BCUT2D eigenvalue weighted by atomic mass is 16.5. The molecule has 4 nitrogen and oxygen atoms in total. The zero-order valence-corrected chi connectivity index (χ0v) is 12.7. The van der Waals surface area contributed by atoms with Crippen LogP contribution in [-0.2, 0) is 9.53 Å². The minimum Gasteiger partial charge on any atom is -0.466 e. The van der Waals surface area contributed by atoms with Gasteiger partial charge in [-0.15, -0.1) is 0 Å². The maximum atomic E-state index is 12.4. The van der Waals surface area contributed by atoms with Gasteiger partial charge < -0.3 is 9.64 Å². The largest absolute Gasteiger partial charge is 0.466 e. The molecule has 0 N–H and O–H groups in total. The van der Waals surface area contributed by atoms with Crippen LogP contribution in [0.1, 0.15) is 43.1 Å². The number of hydrogen-bond donors (Lipinski definition) is 0. The molecular formula is C16H23NO3. The number of ether oxygens (including phenoxy) is 1. The molecule has 1 aromatic rings. The molecule has 0 atom stereocenters. The molecule has 0 unspecified atom stereocenters. The summed E-state index contributed by atoms with van der Waals surface area (Å²) in [5, 5.41) is 0. The van der Waals surface area contributed by atoms with Crippen molar-refractivity contribution in [3.8, 4) is 0 Å². The van der Waals surface area contributed by atoms with Crippen molar-refractivity contribution in [2.75, 3.05) is 13.2 Å². The van der Waals surface area contributed by atoms with Crippen molar-refractivity contribution < 1.29 is 14.3 Å². The molecule has 110 valence electrons. The summed E-state index contributed by atoms with van der Waals surface area (Å²) in [6.07, 6.45) is 0.226. The molecule has 1 amide bonds. The second kappa shape index (κ2) is 7.68. The zero-order valence-electron chi connectivity index (χ0n) is 12.7. The van der Waals surface area contributed by atoms with Gasteiger partial charge in [-0.05, 0) is 39.8 Å². The van der Waals surface area contributed by atoms with E-state index in [1.54, 1.807) is 11.8 Å². The first-order valence-corrected chi connectivity index (χ1v) is 6.99. The molecule has 0 saturated carbocycles. The van der Waals surface area contributed by atoms with Crippen molar-refractivity contribution in [2.24, 2.45) is 0 Å². The number of esters is 1. The van der Waals surface area contributed by atoms with Crippen molar-refractivity contribution in [2.45, 2.75) is 40.2 Å². The molecule has 1 aromatic carbocycles. The lowest BCUT2D eigenvalue weighted by atomic mass is 10.1. The van der Waals surface area contributed by atoms with Crippen molar-refractivity contribution in [3.63, 3.8) is 0 Å². The summed E-state index contributed by atoms with van der Waals surface area (Å²) in [7, 11) is 0. The number of carbonyl (C=O) groups excluding carboxylic acids is 2. The Hall–Kier alpha value is -1.84. The fraction of sp³-hybridized carbons (Fsp3) is 0.500. The van der Waals surface area contributed by atoms with E-state index in [4.69, 9.17) is 4.74 Å². The van der Waals surface area contributed by atoms with Gasteiger partial charge in [0.2, 0.25) is 0 Å². The van der Waals surface area contributed by atoms with Crippen LogP contribution in [0.3, 0.4) is 0 Å². The Kier molecular flexibility index (Phi) is 6.22. The Morgan fingerprint density at radius 3 is 2.30 bits per heavy atom. The third-order valence-electron chi connectivity index (χ3n) is 3.04. The van der Waals surface area contributed by atoms with Crippen LogP contribution in [0.5, 0.6) is 0 Å². The fourth-order valence-corrected chi connectivity index (χ4v) is 1.90. The summed E-state index contributed by atoms with van der Waals surface area (Å²) in [4.78, 5) is 25.6. The lowest BCUT2D eigenvalue weighted by Gasteiger charge is -2.26. The molecule has 0 heterocycles. The molecule has 1 rings (SSSR count). The summed E-state index contributed by atoms with van der Waals surface area (Å²) >= 11 is 0. The van der Waals surface area contributed by atoms with Crippen LogP contribution < -0.4 is 0 Å². The van der Waals surface area contributed by atoms with E-state index in [0.717, 1.165) is 5.56 Å². The summed E-state index contributed by atoms with van der Waals surface area (Å²) in [6.45, 7) is 8.38. The molecular weight excluding hydrogens is 254 g/mol. The van der Waals surface area contributed by atoms with Crippen LogP contribution in [0.15, 0.2) is 24.3 Å². The van der Waals surface area contributed by atoms with Crippen LogP contribution in [0.4, 0.5) is 0 Å². The van der Waals surface area contributed by atoms with E-state index in [9.17, 15) is 9.59 Å². The number of benzene rings is 1. The Morgan fingerprint density at radius 2 is 1.80 bits per heavy atom. The minimum absolute atomic E-state index is 0.0400. The molecule has 0 aliphatic rings. The quantitative estimate of drug-likeness (QED) is 0.751. The third-order valence-corrected chi connectivity index (χ3v) is 3.04. The van der Waals surface area contributed by atoms with Crippen LogP contribution in [0, 0.1) is 6.92 Å². The maximum Gasteiger partial charge on any atom is 0.307 e. The van der Waals surface area contributed by atoms with E-state index < -0.39 is 0 Å². The van der Waals surface area contributed by atoms with Crippen LogP contribution in [0.2, 0.25) is 0 Å². The van der Waals surface area contributed by atoms with Crippen molar-refractivity contribution in [1.29, 1.82) is 0 Å². The summed E-state index contributed by atoms with van der Waals surface area (Å²) < 4.78 is 4.90. The van der Waals surface area contributed by atoms with Gasteiger partial charge in [-0.25, -0.2) is 0 Å². The van der Waals surface area contributed by atoms with Gasteiger partial charge in [0.25, 0.3) is 5.91 Å². The van der Waals surface area contributed by atoms with Crippen LogP contribution >= 0.6 is 0 Å². The second-order valence-corrected chi connectivity index (χ2v) is 5.01. The lowest BCUT2D eigenvalue weighted by molar-refractivity contribution is -0.143. The summed E-state index contributed by atoms with van der Waals surface area (Å²) in [5.74, 6) is -0.320. The smallest absolute Gasteiger partial charge is 0.307 e. The number of hydrogen-bond acceptors (Lipinski definition) is 3. The van der Waals surface area contributed by atoms with E-state index in [1.807, 2.05) is 45.0 Å². The maximum absolute atomic E-state index is 12.4. The average molecular weight is 277 g/mol. The number of carbonyl (C=O) groups is 2. The topological polar surface area (TPSA) is 46.6 Å². The van der Waals surface area contributed by atoms with Crippen molar-refractivity contribution in [1.82, 2.24) is 4.90 Å². The van der Waals surface area contributed by atoms with Crippen molar-refractivity contribution in [3.05, 3.63) is 35.4 Å². The fourth-order valence-electron chi connectivity index (χ4n) is 1.90. The normalized spacial score (nSPS) is 10.4. The highest BCUT2D eigenvalue weighted by Gasteiger charge is 2.19. The monoisotopic (exact) mass is 277 g/mol. The number of amides is 1. The standard InChI is InChI=1S/C16H23NO3/c1-5-20-15(18)10-11-17(12(2)3)16(19)14-8-6-13(4)7-9-14/h6-9,12H,5,10-11H2,1-4H3. The van der Waals surface area contributed by atoms with E-state index in [0.29, 0.717) is 18.7 Å². The molecule has 4 heteroatoms. The molecule has 0 aromatic heterocycles. The Bertz CT molecular complexity index is 451. The van der Waals surface area contributed by atoms with Gasteiger partial charge in [0.15, 0.2) is 0 Å². The van der Waals surface area contributed by atoms with Crippen LogP contribution in [-0.4, -0.2) is 36.0 Å². The van der Waals surface area contributed by atoms with Crippen LogP contribution in [0.25, 0.3) is 0 Å². The summed E-state index contributed by atoms with van der Waals surface area (Å²) in [6, 6.07) is 7.50. The van der Waals surface area contributed by atoms with E-state index >= 15 is 0 Å². The Balaban J connectivity index is 2.72. The average Bonchev–Trinajstić information content (AvgIpc) is 2.39. The molecule has 0 saturated heterocycles. The van der Waals surface area contributed by atoms with E-state index in [1.165, 1.54) is 0 Å². The molecule has 0 radical (unpaired) electrons. The van der Waals surface area contributed by atoms with Gasteiger partial charge in [0.05, 0.1) is 13.0 Å². The first-order chi connectivity index (χ1) is 9.45. The van der Waals surface area contributed by atoms with E-state index in [2.05, 4.69) is 0 Å². The predicted molar refractivity (Wildman–Crippen MR) is 78.6 cm³/mol. The summed E-state index contributed by atoms with van der Waals surface area (Å²) in [5.41, 5.74) is 1.76. The second-order valence-electron chi connectivity index (χ2n) is 5.01. The van der Waals surface area contributed by atoms with Gasteiger partial charge in [-0.1, -0.05) is 17.7 Å². The number of aryl methyl sites for hydroxylation is 1. The van der Waals surface area contributed by atoms with Crippen molar-refractivity contribution >= 4 is 11.9 Å².